The molecule has 2 N–H and O–H groups in total. The number of ether oxygens (including phenoxy) is 1. The van der Waals surface area contributed by atoms with Gasteiger partial charge in [-0.05, 0) is 12.1 Å². The zero-order valence-corrected chi connectivity index (χ0v) is 9.17. The Morgan fingerprint density at radius 3 is 3.24 bits per heavy atom. The normalized spacial score (nSPS) is 19.7. The summed E-state index contributed by atoms with van der Waals surface area (Å²) in [5.74, 6) is 0.130. The van der Waals surface area contributed by atoms with Gasteiger partial charge in [0.1, 0.15) is 11.9 Å². The van der Waals surface area contributed by atoms with Gasteiger partial charge >= 0.3 is 0 Å². The molecule has 2 heterocycles. The Bertz CT molecular complexity index is 469. The number of primary amides is 1. The first kappa shape index (κ1) is 11.4. The molecule has 17 heavy (non-hydrogen) atoms. The van der Waals surface area contributed by atoms with Crippen molar-refractivity contribution < 1.29 is 9.53 Å². The number of rotatable bonds is 2. The molecule has 1 fully saturated rings. The second-order valence-electron chi connectivity index (χ2n) is 3.70. The van der Waals surface area contributed by atoms with Crippen molar-refractivity contribution >= 4 is 11.7 Å². The van der Waals surface area contributed by atoms with E-state index in [1.165, 1.54) is 0 Å². The molecule has 1 aliphatic rings. The van der Waals surface area contributed by atoms with Crippen LogP contribution in [0.2, 0.25) is 0 Å². The molecule has 1 amide bonds. The average molecular weight is 232 g/mol. The molecule has 0 bridgehead atoms. The van der Waals surface area contributed by atoms with Crippen molar-refractivity contribution in [3.05, 3.63) is 23.9 Å². The average Bonchev–Trinajstić information content (AvgIpc) is 2.39. The van der Waals surface area contributed by atoms with Crippen LogP contribution in [0.15, 0.2) is 18.3 Å². The van der Waals surface area contributed by atoms with Crippen molar-refractivity contribution in [2.24, 2.45) is 5.73 Å². The van der Waals surface area contributed by atoms with Gasteiger partial charge in [-0.15, -0.1) is 0 Å². The molecule has 0 aromatic carbocycles. The molecule has 1 unspecified atom stereocenters. The highest BCUT2D eigenvalue weighted by Crippen LogP contribution is 2.17. The zero-order valence-electron chi connectivity index (χ0n) is 9.17. The number of nitriles is 1. The van der Waals surface area contributed by atoms with Crippen molar-refractivity contribution in [2.75, 3.05) is 24.7 Å². The Morgan fingerprint density at radius 1 is 1.71 bits per heavy atom. The first-order chi connectivity index (χ1) is 8.22. The van der Waals surface area contributed by atoms with E-state index >= 15 is 0 Å². The summed E-state index contributed by atoms with van der Waals surface area (Å²) < 4.78 is 5.22. The number of aromatic nitrogens is 1. The number of carbonyl (C=O) groups is 1. The largest absolute Gasteiger partial charge is 0.377 e. The number of amides is 1. The van der Waals surface area contributed by atoms with Gasteiger partial charge in [0, 0.05) is 12.7 Å². The van der Waals surface area contributed by atoms with E-state index in [2.05, 4.69) is 4.98 Å². The lowest BCUT2D eigenvalue weighted by molar-refractivity contribution is -0.121. The van der Waals surface area contributed by atoms with Crippen LogP contribution in [0.4, 0.5) is 5.82 Å². The van der Waals surface area contributed by atoms with Crippen molar-refractivity contribution in [2.45, 2.75) is 6.04 Å². The van der Waals surface area contributed by atoms with E-state index in [1.807, 2.05) is 6.07 Å². The first-order valence-corrected chi connectivity index (χ1v) is 5.22. The van der Waals surface area contributed by atoms with Crippen LogP contribution in [0, 0.1) is 11.3 Å². The van der Waals surface area contributed by atoms with Gasteiger partial charge in [0.2, 0.25) is 5.91 Å². The highest BCUT2D eigenvalue weighted by Gasteiger charge is 2.28. The number of hydrogen-bond acceptors (Lipinski definition) is 5. The summed E-state index contributed by atoms with van der Waals surface area (Å²) in [6, 6.07) is 4.77. The lowest BCUT2D eigenvalue weighted by atomic mass is 10.2. The number of carbonyl (C=O) groups excluding carboxylic acids is 1. The van der Waals surface area contributed by atoms with E-state index in [-0.39, 0.29) is 6.61 Å². The van der Waals surface area contributed by atoms with Crippen molar-refractivity contribution in [3.8, 4) is 6.07 Å². The van der Waals surface area contributed by atoms with E-state index in [4.69, 9.17) is 15.7 Å². The van der Waals surface area contributed by atoms with Crippen LogP contribution >= 0.6 is 0 Å². The summed E-state index contributed by atoms with van der Waals surface area (Å²) in [5, 5.41) is 8.82. The van der Waals surface area contributed by atoms with E-state index < -0.39 is 11.9 Å². The van der Waals surface area contributed by atoms with Crippen molar-refractivity contribution in [1.29, 1.82) is 5.26 Å². The minimum absolute atomic E-state index is 0.258. The van der Waals surface area contributed by atoms with Gasteiger partial charge in [-0.1, -0.05) is 0 Å². The summed E-state index contributed by atoms with van der Waals surface area (Å²) in [7, 11) is 0. The molecule has 1 aromatic rings. The van der Waals surface area contributed by atoms with Crippen LogP contribution in [0.5, 0.6) is 0 Å². The van der Waals surface area contributed by atoms with Crippen molar-refractivity contribution in [1.82, 2.24) is 4.98 Å². The number of morpholine rings is 1. The molecule has 0 saturated carbocycles. The smallest absolute Gasteiger partial charge is 0.242 e. The molecule has 6 nitrogen and oxygen atoms in total. The first-order valence-electron chi connectivity index (χ1n) is 5.22. The van der Waals surface area contributed by atoms with Crippen molar-refractivity contribution in [3.63, 3.8) is 0 Å². The van der Waals surface area contributed by atoms with E-state index in [0.717, 1.165) is 0 Å². The second kappa shape index (κ2) is 4.80. The maximum atomic E-state index is 11.3. The van der Waals surface area contributed by atoms with Gasteiger partial charge in [0.25, 0.3) is 0 Å². The molecule has 0 radical (unpaired) electrons. The van der Waals surface area contributed by atoms with Gasteiger partial charge in [0.15, 0.2) is 0 Å². The van der Waals surface area contributed by atoms with Gasteiger partial charge < -0.3 is 15.4 Å². The summed E-state index contributed by atoms with van der Waals surface area (Å²) >= 11 is 0. The summed E-state index contributed by atoms with van der Waals surface area (Å²) in [6.45, 7) is 1.31. The fraction of sp³-hybridized carbons (Fsp3) is 0.364. The van der Waals surface area contributed by atoms with Crippen LogP contribution < -0.4 is 10.6 Å². The lowest BCUT2D eigenvalue weighted by Gasteiger charge is -2.34. The quantitative estimate of drug-likeness (QED) is 0.752. The summed E-state index contributed by atoms with van der Waals surface area (Å²) in [6.07, 6.45) is 1.54. The lowest BCUT2D eigenvalue weighted by Crippen LogP contribution is -2.53. The Labute approximate surface area is 98.6 Å². The monoisotopic (exact) mass is 232 g/mol. The molecule has 0 spiro atoms. The molecule has 1 saturated heterocycles. The summed E-state index contributed by atoms with van der Waals surface area (Å²) in [5.41, 5.74) is 5.82. The highest BCUT2D eigenvalue weighted by atomic mass is 16.5. The number of pyridine rings is 1. The molecule has 0 aliphatic carbocycles. The van der Waals surface area contributed by atoms with Crippen LogP contribution in [-0.2, 0) is 9.53 Å². The molecule has 1 aliphatic heterocycles. The second-order valence-corrected chi connectivity index (χ2v) is 3.70. The van der Waals surface area contributed by atoms with Crippen LogP contribution in [-0.4, -0.2) is 36.7 Å². The third-order valence-electron chi connectivity index (χ3n) is 2.63. The molecular formula is C11H12N4O2. The predicted molar refractivity (Wildman–Crippen MR) is 60.1 cm³/mol. The Kier molecular flexibility index (Phi) is 3.21. The maximum absolute atomic E-state index is 11.3. The molecule has 1 aromatic heterocycles. The maximum Gasteiger partial charge on any atom is 0.242 e. The number of nitrogens with zero attached hydrogens (tertiary/aromatic N) is 3. The molecule has 88 valence electrons. The fourth-order valence-electron chi connectivity index (χ4n) is 1.76. The van der Waals surface area contributed by atoms with E-state index in [1.54, 1.807) is 23.2 Å². The molecule has 2 rings (SSSR count). The molecule has 6 heteroatoms. The minimum atomic E-state index is -0.523. The van der Waals surface area contributed by atoms with Gasteiger partial charge in [-0.25, -0.2) is 4.98 Å². The fourth-order valence-corrected chi connectivity index (χ4v) is 1.76. The molecule has 1 atom stereocenters. The topological polar surface area (TPSA) is 92.2 Å². The van der Waals surface area contributed by atoms with Gasteiger partial charge in [0.05, 0.1) is 24.8 Å². The van der Waals surface area contributed by atoms with Crippen LogP contribution in [0.25, 0.3) is 0 Å². The molecular weight excluding hydrogens is 220 g/mol. The van der Waals surface area contributed by atoms with Gasteiger partial charge in [-0.2, -0.15) is 5.26 Å². The Morgan fingerprint density at radius 2 is 2.53 bits per heavy atom. The summed E-state index contributed by atoms with van der Waals surface area (Å²) in [4.78, 5) is 17.2. The highest BCUT2D eigenvalue weighted by molar-refractivity contribution is 5.83. The van der Waals surface area contributed by atoms with Gasteiger partial charge in [-0.3, -0.25) is 4.79 Å². The minimum Gasteiger partial charge on any atom is -0.377 e. The van der Waals surface area contributed by atoms with Crippen LogP contribution in [0.3, 0.4) is 0 Å². The van der Waals surface area contributed by atoms with E-state index in [0.29, 0.717) is 24.5 Å². The number of anilines is 1. The number of hydrogen-bond donors (Lipinski definition) is 1. The number of nitrogens with two attached hydrogens (primary N) is 1. The Balaban J connectivity index is 2.29. The predicted octanol–water partition coefficient (Wildman–Crippen LogP) is -0.356. The third kappa shape index (κ3) is 2.34. The SMILES string of the molecule is N#Cc1ccnc(N2CCOCC2C(N)=O)c1. The Hall–Kier alpha value is -2.13. The zero-order chi connectivity index (χ0) is 12.3. The van der Waals surface area contributed by atoms with E-state index in [9.17, 15) is 4.79 Å². The van der Waals surface area contributed by atoms with Crippen LogP contribution in [0.1, 0.15) is 5.56 Å². The third-order valence-corrected chi connectivity index (χ3v) is 2.63. The standard InChI is InChI=1S/C11H12N4O2/c12-6-8-1-2-14-10(5-8)15-3-4-17-7-9(15)11(13)16/h1-2,5,9H,3-4,7H2,(H2,13,16).